The highest BCUT2D eigenvalue weighted by atomic mass is 35.5. The van der Waals surface area contributed by atoms with Crippen molar-refractivity contribution in [1.82, 2.24) is 19.2 Å². The number of morpholine rings is 1. The Morgan fingerprint density at radius 1 is 1.10 bits per heavy atom. The normalized spacial score (nSPS) is 18.9. The summed E-state index contributed by atoms with van der Waals surface area (Å²) in [5.41, 5.74) is 2.02. The van der Waals surface area contributed by atoms with Crippen LogP contribution in [0.1, 0.15) is 23.1 Å². The highest BCUT2D eigenvalue weighted by Crippen LogP contribution is 2.43. The molecule has 1 atom stereocenters. The fourth-order valence-corrected chi connectivity index (χ4v) is 5.77. The summed E-state index contributed by atoms with van der Waals surface area (Å²) in [6.07, 6.45) is 1.58. The summed E-state index contributed by atoms with van der Waals surface area (Å²) in [6.45, 7) is 5.06. The van der Waals surface area contributed by atoms with Gasteiger partial charge in [-0.3, -0.25) is 4.90 Å². The number of halogens is 1. The molecule has 2 aromatic carbocycles. The number of benzene rings is 2. The lowest BCUT2D eigenvalue weighted by Gasteiger charge is -2.26. The van der Waals surface area contributed by atoms with Crippen LogP contribution in [0.2, 0.25) is 5.02 Å². The van der Waals surface area contributed by atoms with Crippen LogP contribution in [0.25, 0.3) is 5.69 Å². The molecule has 6 nitrogen and oxygen atoms in total. The van der Waals surface area contributed by atoms with Crippen LogP contribution in [0.15, 0.2) is 58.2 Å². The van der Waals surface area contributed by atoms with Crippen LogP contribution < -0.4 is 5.69 Å². The monoisotopic (exact) mass is 456 g/mol. The Morgan fingerprint density at radius 2 is 1.90 bits per heavy atom. The molecule has 3 heterocycles. The highest BCUT2D eigenvalue weighted by molar-refractivity contribution is 7.99. The predicted molar refractivity (Wildman–Crippen MR) is 123 cm³/mol. The van der Waals surface area contributed by atoms with Crippen LogP contribution in [0, 0.1) is 0 Å². The second-order valence-electron chi connectivity index (χ2n) is 7.90. The van der Waals surface area contributed by atoms with Crippen molar-refractivity contribution in [2.75, 3.05) is 32.8 Å². The van der Waals surface area contributed by atoms with Crippen LogP contribution in [0.5, 0.6) is 0 Å². The van der Waals surface area contributed by atoms with E-state index < -0.39 is 0 Å². The van der Waals surface area contributed by atoms with E-state index in [0.717, 1.165) is 55.7 Å². The van der Waals surface area contributed by atoms with Crippen molar-refractivity contribution in [3.8, 4) is 5.69 Å². The second-order valence-corrected chi connectivity index (χ2v) is 9.58. The molecule has 0 spiro atoms. The molecule has 0 amide bonds. The topological polar surface area (TPSA) is 52.3 Å². The third kappa shape index (κ3) is 4.46. The number of aromatic nitrogens is 3. The average molecular weight is 457 g/mol. The lowest BCUT2D eigenvalue weighted by Crippen LogP contribution is -2.37. The minimum absolute atomic E-state index is 0.0742. The van der Waals surface area contributed by atoms with E-state index in [-0.39, 0.29) is 10.9 Å². The van der Waals surface area contributed by atoms with E-state index in [1.54, 1.807) is 21.0 Å². The van der Waals surface area contributed by atoms with Crippen molar-refractivity contribution in [2.45, 2.75) is 29.5 Å². The number of aryl methyl sites for hydroxylation is 1. The van der Waals surface area contributed by atoms with E-state index in [2.05, 4.69) is 29.2 Å². The van der Waals surface area contributed by atoms with Gasteiger partial charge in [-0.2, -0.15) is 5.10 Å². The van der Waals surface area contributed by atoms with Crippen LogP contribution >= 0.6 is 23.4 Å². The Bertz CT molecular complexity index is 1110. The van der Waals surface area contributed by atoms with Gasteiger partial charge in [0.05, 0.1) is 18.9 Å². The molecule has 8 heteroatoms. The van der Waals surface area contributed by atoms with Crippen molar-refractivity contribution in [3.05, 3.63) is 75.4 Å². The maximum atomic E-state index is 13.3. The minimum atomic E-state index is -0.0742. The zero-order valence-corrected chi connectivity index (χ0v) is 18.8. The van der Waals surface area contributed by atoms with E-state index >= 15 is 0 Å². The zero-order valence-electron chi connectivity index (χ0n) is 17.2. The number of ether oxygens (including phenoxy) is 1. The van der Waals surface area contributed by atoms with Crippen molar-refractivity contribution in [3.63, 3.8) is 0 Å². The molecule has 3 aromatic rings. The first-order chi connectivity index (χ1) is 15.2. The molecule has 31 heavy (non-hydrogen) atoms. The van der Waals surface area contributed by atoms with Gasteiger partial charge >= 0.3 is 5.69 Å². The van der Waals surface area contributed by atoms with Gasteiger partial charge in [-0.15, -0.1) is 11.8 Å². The highest BCUT2D eigenvalue weighted by Gasteiger charge is 2.27. The van der Waals surface area contributed by atoms with Gasteiger partial charge in [0.1, 0.15) is 5.82 Å². The summed E-state index contributed by atoms with van der Waals surface area (Å²) in [7, 11) is 0. The molecule has 1 fully saturated rings. The third-order valence-corrected chi connectivity index (χ3v) is 7.36. The molecule has 0 N–H and O–H groups in total. The number of fused-ring (bicyclic) bond motifs is 3. The number of thioether (sulfide) groups is 1. The molecular weight excluding hydrogens is 432 g/mol. The minimum Gasteiger partial charge on any atom is -0.379 e. The summed E-state index contributed by atoms with van der Waals surface area (Å²) in [6, 6.07) is 16.1. The van der Waals surface area contributed by atoms with Gasteiger partial charge in [-0.05, 0) is 30.2 Å². The van der Waals surface area contributed by atoms with Crippen LogP contribution in [-0.2, 0) is 17.7 Å². The zero-order chi connectivity index (χ0) is 21.2. The van der Waals surface area contributed by atoms with Crippen molar-refractivity contribution < 1.29 is 4.74 Å². The van der Waals surface area contributed by atoms with Crippen molar-refractivity contribution >= 4 is 23.4 Å². The Morgan fingerprint density at radius 3 is 2.71 bits per heavy atom. The second kappa shape index (κ2) is 9.20. The number of nitrogens with zero attached hydrogens (tertiary/aromatic N) is 4. The molecule has 2 aliphatic heterocycles. The molecule has 2 aliphatic rings. The maximum Gasteiger partial charge on any atom is 0.350 e. The molecule has 5 rings (SSSR count). The Labute approximate surface area is 190 Å². The first-order valence-corrected chi connectivity index (χ1v) is 12.0. The van der Waals surface area contributed by atoms with Gasteiger partial charge in [-0.1, -0.05) is 41.9 Å². The van der Waals surface area contributed by atoms with E-state index in [1.165, 1.54) is 5.56 Å². The Kier molecular flexibility index (Phi) is 6.18. The van der Waals surface area contributed by atoms with Gasteiger partial charge in [0.2, 0.25) is 0 Å². The van der Waals surface area contributed by atoms with E-state index in [4.69, 9.17) is 21.4 Å². The lowest BCUT2D eigenvalue weighted by molar-refractivity contribution is 0.0368. The Balaban J connectivity index is 1.45. The molecular formula is C23H25ClN4O2S. The largest absolute Gasteiger partial charge is 0.379 e. The summed E-state index contributed by atoms with van der Waals surface area (Å²) in [4.78, 5) is 16.7. The summed E-state index contributed by atoms with van der Waals surface area (Å²) in [5, 5.41) is 5.61. The van der Waals surface area contributed by atoms with Gasteiger partial charge in [0.15, 0.2) is 0 Å². The van der Waals surface area contributed by atoms with Crippen LogP contribution in [-0.4, -0.2) is 52.1 Å². The summed E-state index contributed by atoms with van der Waals surface area (Å²) >= 11 is 8.05. The molecule has 0 aliphatic carbocycles. The Hall–Kier alpha value is -2.06. The summed E-state index contributed by atoms with van der Waals surface area (Å²) < 4.78 is 8.82. The van der Waals surface area contributed by atoms with Gasteiger partial charge in [0, 0.05) is 47.8 Å². The van der Waals surface area contributed by atoms with Gasteiger partial charge in [-0.25, -0.2) is 14.0 Å². The first kappa shape index (κ1) is 20.8. The van der Waals surface area contributed by atoms with Crippen molar-refractivity contribution in [1.29, 1.82) is 0 Å². The lowest BCUT2D eigenvalue weighted by atomic mass is 10.1. The fourth-order valence-electron chi connectivity index (χ4n) is 4.22. The SMILES string of the molecule is O=c1n(CCCN2CCOCC2)nc2n1-c1ccc(Cl)cc1SC(c1ccccc1)C2. The summed E-state index contributed by atoms with van der Waals surface area (Å²) in [5.74, 6) is 0.804. The quantitative estimate of drug-likeness (QED) is 0.584. The third-order valence-electron chi connectivity index (χ3n) is 5.83. The average Bonchev–Trinajstić information content (AvgIpc) is 3.00. The van der Waals surface area contributed by atoms with Gasteiger partial charge < -0.3 is 4.74 Å². The van der Waals surface area contributed by atoms with E-state index in [9.17, 15) is 4.79 Å². The fraction of sp³-hybridized carbons (Fsp3) is 0.391. The maximum absolute atomic E-state index is 13.3. The molecule has 1 saturated heterocycles. The molecule has 1 aromatic heterocycles. The molecule has 0 saturated carbocycles. The van der Waals surface area contributed by atoms with Crippen LogP contribution in [0.3, 0.4) is 0 Å². The number of hydrogen-bond donors (Lipinski definition) is 0. The predicted octanol–water partition coefficient (Wildman–Crippen LogP) is 3.80. The van der Waals surface area contributed by atoms with Gasteiger partial charge in [0.25, 0.3) is 0 Å². The molecule has 1 unspecified atom stereocenters. The molecule has 162 valence electrons. The van der Waals surface area contributed by atoms with Crippen molar-refractivity contribution in [2.24, 2.45) is 0 Å². The molecule has 0 radical (unpaired) electrons. The number of rotatable bonds is 5. The van der Waals surface area contributed by atoms with E-state index in [0.29, 0.717) is 18.0 Å². The molecule has 0 bridgehead atoms. The smallest absolute Gasteiger partial charge is 0.350 e. The van der Waals surface area contributed by atoms with Crippen LogP contribution in [0.4, 0.5) is 0 Å². The van der Waals surface area contributed by atoms with E-state index in [1.807, 2.05) is 24.3 Å². The number of hydrogen-bond acceptors (Lipinski definition) is 5. The first-order valence-electron chi connectivity index (χ1n) is 10.7. The standard InChI is InChI=1S/C23H25ClN4O2S/c24-18-7-8-19-21(15-18)31-20(17-5-2-1-3-6-17)16-22-25-27(23(29)28(19)22)10-4-9-26-11-13-30-14-12-26/h1-3,5-8,15,20H,4,9-14,16H2.